The summed E-state index contributed by atoms with van der Waals surface area (Å²) >= 11 is 0. The van der Waals surface area contributed by atoms with Crippen LogP contribution in [0.1, 0.15) is 50.9 Å². The highest BCUT2D eigenvalue weighted by Crippen LogP contribution is 2.30. The zero-order chi connectivity index (χ0) is 27.5. The summed E-state index contributed by atoms with van der Waals surface area (Å²) in [5.41, 5.74) is 0.544. The van der Waals surface area contributed by atoms with E-state index in [0.717, 1.165) is 19.5 Å². The van der Waals surface area contributed by atoms with Crippen LogP contribution in [0.4, 0.5) is 0 Å². The van der Waals surface area contributed by atoms with Gasteiger partial charge in [0, 0.05) is 65.0 Å². The Bertz CT molecular complexity index is 862. The summed E-state index contributed by atoms with van der Waals surface area (Å²) in [4.78, 5) is 29.8. The number of likely N-dealkylation sites (N-methyl/N-ethyl adjacent to an activating group) is 1. The van der Waals surface area contributed by atoms with Crippen molar-refractivity contribution in [2.24, 2.45) is 17.8 Å². The number of methoxy groups -OCH3 is 2. The first kappa shape index (κ1) is 30.9. The Kier molecular flexibility index (Phi) is 12.6. The van der Waals surface area contributed by atoms with Crippen LogP contribution in [0, 0.1) is 17.8 Å². The Morgan fingerprint density at radius 3 is 2.32 bits per heavy atom. The van der Waals surface area contributed by atoms with Crippen LogP contribution in [0.3, 0.4) is 0 Å². The molecule has 0 spiro atoms. The monoisotopic (exact) mass is 521 g/mol. The van der Waals surface area contributed by atoms with Crippen molar-refractivity contribution >= 4 is 11.8 Å². The Balaban J connectivity index is 2.10. The van der Waals surface area contributed by atoms with Crippen molar-refractivity contribution in [2.75, 3.05) is 60.7 Å². The van der Waals surface area contributed by atoms with Gasteiger partial charge >= 0.3 is 0 Å². The van der Waals surface area contributed by atoms with Gasteiger partial charge in [-0.3, -0.25) is 9.59 Å². The van der Waals surface area contributed by atoms with Gasteiger partial charge in [-0.15, -0.1) is 0 Å². The second kappa shape index (κ2) is 15.1. The number of rotatable bonds is 15. The van der Waals surface area contributed by atoms with E-state index in [1.165, 1.54) is 0 Å². The normalized spacial score (nSPS) is 18.2. The van der Waals surface area contributed by atoms with Crippen molar-refractivity contribution in [3.05, 3.63) is 23.8 Å². The Morgan fingerprint density at radius 1 is 1.05 bits per heavy atom. The van der Waals surface area contributed by atoms with E-state index >= 15 is 0 Å². The van der Waals surface area contributed by atoms with Gasteiger partial charge in [0.05, 0.1) is 13.7 Å². The fourth-order valence-electron chi connectivity index (χ4n) is 4.71. The summed E-state index contributed by atoms with van der Waals surface area (Å²) in [5.74, 6) is 1.42. The predicted molar refractivity (Wildman–Crippen MR) is 144 cm³/mol. The van der Waals surface area contributed by atoms with Crippen LogP contribution in [0.15, 0.2) is 18.2 Å². The fourth-order valence-corrected chi connectivity index (χ4v) is 4.71. The number of ether oxygens (including phenoxy) is 3. The molecule has 0 bridgehead atoms. The summed E-state index contributed by atoms with van der Waals surface area (Å²) in [5, 5.41) is 13.7. The van der Waals surface area contributed by atoms with Crippen LogP contribution in [0.25, 0.3) is 0 Å². The molecule has 1 fully saturated rings. The number of hydrogen-bond donors (Lipinski definition) is 2. The lowest BCUT2D eigenvalue weighted by Gasteiger charge is -2.33. The fraction of sp³-hybridized carbons (Fsp3) is 0.714. The molecule has 0 saturated carbocycles. The van der Waals surface area contributed by atoms with E-state index in [1.807, 2.05) is 32.6 Å². The second-order valence-electron chi connectivity index (χ2n) is 10.7. The molecule has 1 aliphatic rings. The topological polar surface area (TPSA) is 101 Å². The van der Waals surface area contributed by atoms with Crippen LogP contribution in [0.5, 0.6) is 11.5 Å². The van der Waals surface area contributed by atoms with Crippen molar-refractivity contribution < 1.29 is 28.9 Å². The Hall–Kier alpha value is -2.36. The Morgan fingerprint density at radius 2 is 1.73 bits per heavy atom. The van der Waals surface area contributed by atoms with Crippen LogP contribution < -0.4 is 14.8 Å². The van der Waals surface area contributed by atoms with E-state index in [-0.39, 0.29) is 35.6 Å². The SMILES string of the molecule is COCCCOc1cc(C(=O)N(C[C@@H]2CNC[C@H]2CN(C)C(=O)[C@@H](O)CC(C)C)C(C)C)ccc1OC. The van der Waals surface area contributed by atoms with Crippen LogP contribution in [-0.2, 0) is 9.53 Å². The molecular weight excluding hydrogens is 474 g/mol. The third kappa shape index (κ3) is 9.16. The lowest BCUT2D eigenvalue weighted by molar-refractivity contribution is -0.140. The van der Waals surface area contributed by atoms with E-state index in [2.05, 4.69) is 5.32 Å². The van der Waals surface area contributed by atoms with Crippen LogP contribution in [-0.4, -0.2) is 99.5 Å². The minimum Gasteiger partial charge on any atom is -0.493 e. The second-order valence-corrected chi connectivity index (χ2v) is 10.7. The van der Waals surface area contributed by atoms with E-state index in [4.69, 9.17) is 14.2 Å². The van der Waals surface area contributed by atoms with Gasteiger partial charge in [-0.1, -0.05) is 13.8 Å². The van der Waals surface area contributed by atoms with Crippen molar-refractivity contribution in [2.45, 2.75) is 52.7 Å². The van der Waals surface area contributed by atoms with E-state index in [0.29, 0.717) is 49.8 Å². The zero-order valence-electron chi connectivity index (χ0n) is 23.7. The van der Waals surface area contributed by atoms with Gasteiger partial charge < -0.3 is 34.4 Å². The average molecular weight is 522 g/mol. The molecule has 3 atom stereocenters. The minimum atomic E-state index is -0.979. The van der Waals surface area contributed by atoms with E-state index in [9.17, 15) is 14.7 Å². The van der Waals surface area contributed by atoms with Crippen molar-refractivity contribution in [3.8, 4) is 11.5 Å². The Labute approximate surface area is 222 Å². The number of nitrogens with zero attached hydrogens (tertiary/aromatic N) is 2. The maximum atomic E-state index is 13.6. The van der Waals surface area contributed by atoms with Crippen molar-refractivity contribution in [3.63, 3.8) is 0 Å². The van der Waals surface area contributed by atoms with Gasteiger partial charge in [-0.25, -0.2) is 0 Å². The number of carbonyl (C=O) groups is 2. The summed E-state index contributed by atoms with van der Waals surface area (Å²) < 4.78 is 16.4. The first-order chi connectivity index (χ1) is 17.6. The molecule has 2 amide bonds. The molecule has 2 N–H and O–H groups in total. The molecule has 210 valence electrons. The summed E-state index contributed by atoms with van der Waals surface area (Å²) in [7, 11) is 4.98. The lowest BCUT2D eigenvalue weighted by atomic mass is 9.93. The van der Waals surface area contributed by atoms with Gasteiger partial charge in [0.25, 0.3) is 11.8 Å². The summed E-state index contributed by atoms with van der Waals surface area (Å²) in [6.45, 7) is 11.7. The van der Waals surface area contributed by atoms with Gasteiger partial charge in [-0.2, -0.15) is 0 Å². The quantitative estimate of drug-likeness (QED) is 0.342. The molecule has 0 radical (unpaired) electrons. The molecule has 1 saturated heterocycles. The molecule has 0 aliphatic carbocycles. The average Bonchev–Trinajstić information content (AvgIpc) is 3.29. The third-order valence-corrected chi connectivity index (χ3v) is 6.82. The van der Waals surface area contributed by atoms with E-state index < -0.39 is 6.10 Å². The summed E-state index contributed by atoms with van der Waals surface area (Å²) in [6.07, 6.45) is 0.204. The maximum Gasteiger partial charge on any atom is 0.254 e. The molecule has 37 heavy (non-hydrogen) atoms. The first-order valence-corrected chi connectivity index (χ1v) is 13.3. The number of aliphatic hydroxyl groups excluding tert-OH is 1. The number of amides is 2. The smallest absolute Gasteiger partial charge is 0.254 e. The number of benzene rings is 1. The molecule has 0 aromatic heterocycles. The molecule has 1 heterocycles. The number of carbonyl (C=O) groups excluding carboxylic acids is 2. The molecule has 0 unspecified atom stereocenters. The van der Waals surface area contributed by atoms with Gasteiger partial charge in [0.2, 0.25) is 0 Å². The highest BCUT2D eigenvalue weighted by Gasteiger charge is 2.34. The standard InChI is InChI=1S/C28H47N3O6/c1-19(2)13-24(32)28(34)30(5)17-22-15-29-16-23(22)18-31(20(3)4)27(33)21-9-10-25(36-7)26(14-21)37-12-8-11-35-6/h9-10,14,19-20,22-24,29,32H,8,11-13,15-18H2,1-7H3/t22-,23-,24-/m0/s1. The van der Waals surface area contributed by atoms with Gasteiger partial charge in [0.1, 0.15) is 6.10 Å². The first-order valence-electron chi connectivity index (χ1n) is 13.3. The highest BCUT2D eigenvalue weighted by molar-refractivity contribution is 5.95. The predicted octanol–water partition coefficient (Wildman–Crippen LogP) is 2.66. The molecule has 1 aliphatic heterocycles. The lowest BCUT2D eigenvalue weighted by Crippen LogP contribution is -2.45. The maximum absolute atomic E-state index is 13.6. The number of nitrogens with one attached hydrogen (secondary N) is 1. The number of aliphatic hydroxyl groups is 1. The summed E-state index contributed by atoms with van der Waals surface area (Å²) in [6, 6.07) is 5.27. The van der Waals surface area contributed by atoms with Gasteiger partial charge in [-0.05, 0) is 56.2 Å². The molecular formula is C28H47N3O6. The number of hydrogen-bond acceptors (Lipinski definition) is 7. The molecule has 1 aromatic carbocycles. The van der Waals surface area contributed by atoms with Gasteiger partial charge in [0.15, 0.2) is 11.5 Å². The zero-order valence-corrected chi connectivity index (χ0v) is 23.7. The van der Waals surface area contributed by atoms with Crippen molar-refractivity contribution in [1.29, 1.82) is 0 Å². The molecule has 2 rings (SSSR count). The minimum absolute atomic E-state index is 0.00542. The molecule has 1 aromatic rings. The third-order valence-electron chi connectivity index (χ3n) is 6.82. The molecule has 9 heteroatoms. The van der Waals surface area contributed by atoms with Crippen LogP contribution >= 0.6 is 0 Å². The largest absolute Gasteiger partial charge is 0.493 e. The van der Waals surface area contributed by atoms with Crippen molar-refractivity contribution in [1.82, 2.24) is 15.1 Å². The highest BCUT2D eigenvalue weighted by atomic mass is 16.5. The van der Waals surface area contributed by atoms with E-state index in [1.54, 1.807) is 44.4 Å². The molecule has 9 nitrogen and oxygen atoms in total. The van der Waals surface area contributed by atoms with Crippen LogP contribution in [0.2, 0.25) is 0 Å².